The lowest BCUT2D eigenvalue weighted by Crippen LogP contribution is -2.18. The van der Waals surface area contributed by atoms with Crippen molar-refractivity contribution in [3.63, 3.8) is 0 Å². The lowest BCUT2D eigenvalue weighted by Gasteiger charge is -2.15. The lowest BCUT2D eigenvalue weighted by molar-refractivity contribution is 0.250. The van der Waals surface area contributed by atoms with E-state index >= 15 is 0 Å². The van der Waals surface area contributed by atoms with E-state index in [0.717, 1.165) is 30.0 Å². The van der Waals surface area contributed by atoms with Gasteiger partial charge < -0.3 is 5.11 Å². The van der Waals surface area contributed by atoms with Gasteiger partial charge in [-0.3, -0.25) is 0 Å². The van der Waals surface area contributed by atoms with Crippen LogP contribution in [0.2, 0.25) is 0 Å². The Kier molecular flexibility index (Phi) is 2.22. The number of aryl methyl sites for hydroxylation is 1. The number of aliphatic hydroxyl groups excluding tert-OH is 1. The summed E-state index contributed by atoms with van der Waals surface area (Å²) >= 11 is 1.68. The molecule has 1 aromatic heterocycles. The summed E-state index contributed by atoms with van der Waals surface area (Å²) in [4.78, 5) is 1.58. The van der Waals surface area contributed by atoms with E-state index in [4.69, 9.17) is 5.11 Å². The molecule has 1 aliphatic heterocycles. The summed E-state index contributed by atoms with van der Waals surface area (Å²) in [5.74, 6) is 2.02. The highest BCUT2D eigenvalue weighted by Crippen LogP contribution is 2.53. The van der Waals surface area contributed by atoms with Gasteiger partial charge in [0.05, 0.1) is 6.20 Å². The third kappa shape index (κ3) is 1.66. The van der Waals surface area contributed by atoms with Crippen molar-refractivity contribution in [2.24, 2.45) is 24.8 Å². The Bertz CT molecular complexity index is 357. The molecule has 2 heterocycles. The van der Waals surface area contributed by atoms with Gasteiger partial charge in [-0.25, -0.2) is 4.31 Å². The summed E-state index contributed by atoms with van der Waals surface area (Å²) in [7, 11) is 1.83. The van der Waals surface area contributed by atoms with Crippen LogP contribution in [0.15, 0.2) is 11.2 Å². The molecule has 1 aliphatic carbocycles. The summed E-state index contributed by atoms with van der Waals surface area (Å²) < 4.78 is 2.32. The predicted octanol–water partition coefficient (Wildman–Crippen LogP) is -0.00770. The molecule has 2 aliphatic rings. The fourth-order valence-corrected chi connectivity index (χ4v) is 3.46. The van der Waals surface area contributed by atoms with Crippen molar-refractivity contribution in [3.8, 4) is 0 Å². The Morgan fingerprint density at radius 1 is 1.53 bits per heavy atom. The average Bonchev–Trinajstić information content (AvgIpc) is 2.60. The molecule has 82 valence electrons. The third-order valence-corrected chi connectivity index (χ3v) is 4.28. The highest BCUT2D eigenvalue weighted by molar-refractivity contribution is 7.97. The maximum atomic E-state index is 9.04. The van der Waals surface area contributed by atoms with E-state index in [1.165, 1.54) is 0 Å². The summed E-state index contributed by atoms with van der Waals surface area (Å²) in [6, 6.07) is 0. The van der Waals surface area contributed by atoms with E-state index < -0.39 is 0 Å². The second-order valence-electron chi connectivity index (χ2n) is 4.28. The molecule has 0 aromatic carbocycles. The van der Waals surface area contributed by atoms with Gasteiger partial charge in [0.15, 0.2) is 5.03 Å². The monoisotopic (exact) mass is 226 g/mol. The number of nitrogens with zero attached hydrogens (tertiary/aromatic N) is 4. The summed E-state index contributed by atoms with van der Waals surface area (Å²) in [6.45, 7) is 2.52. The van der Waals surface area contributed by atoms with E-state index in [1.54, 1.807) is 22.9 Å². The fraction of sp³-hybridized carbons (Fsp3) is 0.778. The molecule has 6 heteroatoms. The van der Waals surface area contributed by atoms with Gasteiger partial charge in [0.1, 0.15) is 0 Å². The zero-order chi connectivity index (χ0) is 10.4. The Labute approximate surface area is 92.6 Å². The standard InChI is InChI=1S/C9H14N4OS/c1-12-10-2-9(11-12)15-13-3-6-7(4-13)8(6)5-14/h2,6-8,14H,3-5H2,1H3. The first-order chi connectivity index (χ1) is 7.28. The van der Waals surface area contributed by atoms with Crippen LogP contribution in [-0.2, 0) is 7.05 Å². The van der Waals surface area contributed by atoms with Crippen molar-refractivity contribution < 1.29 is 5.11 Å². The van der Waals surface area contributed by atoms with Gasteiger partial charge in [0, 0.05) is 26.7 Å². The summed E-state index contributed by atoms with van der Waals surface area (Å²) in [5, 5.41) is 18.3. The average molecular weight is 226 g/mol. The van der Waals surface area contributed by atoms with Gasteiger partial charge in [-0.05, 0) is 29.7 Å². The zero-order valence-corrected chi connectivity index (χ0v) is 9.39. The molecule has 3 rings (SSSR count). The maximum absolute atomic E-state index is 9.04. The second kappa shape index (κ2) is 3.47. The molecule has 2 fully saturated rings. The van der Waals surface area contributed by atoms with E-state index in [-0.39, 0.29) is 0 Å². The number of fused-ring (bicyclic) bond motifs is 1. The smallest absolute Gasteiger partial charge is 0.153 e. The highest BCUT2D eigenvalue weighted by Gasteiger charge is 2.55. The van der Waals surface area contributed by atoms with Crippen LogP contribution in [0.4, 0.5) is 0 Å². The topological polar surface area (TPSA) is 54.2 Å². The molecule has 2 atom stereocenters. The Hall–Kier alpha value is -0.590. The number of hydrogen-bond donors (Lipinski definition) is 1. The number of piperidine rings is 1. The number of aromatic nitrogens is 3. The van der Waals surface area contributed by atoms with Gasteiger partial charge >= 0.3 is 0 Å². The molecule has 5 nitrogen and oxygen atoms in total. The normalized spacial score (nSPS) is 34.4. The van der Waals surface area contributed by atoms with Gasteiger partial charge in [-0.1, -0.05) is 0 Å². The minimum absolute atomic E-state index is 0.360. The SMILES string of the molecule is Cn1ncc(SN2CC3C(CO)C3C2)n1. The molecule has 15 heavy (non-hydrogen) atoms. The predicted molar refractivity (Wildman–Crippen MR) is 56.0 cm³/mol. The van der Waals surface area contributed by atoms with Gasteiger partial charge in [0.2, 0.25) is 0 Å². The molecule has 0 bridgehead atoms. The number of hydrogen-bond acceptors (Lipinski definition) is 5. The number of rotatable bonds is 3. The van der Waals surface area contributed by atoms with Crippen LogP contribution in [0.5, 0.6) is 0 Å². The molecule has 1 aromatic rings. The molecule has 0 radical (unpaired) electrons. The van der Waals surface area contributed by atoms with Crippen molar-refractivity contribution in [1.82, 2.24) is 19.3 Å². The van der Waals surface area contributed by atoms with Crippen molar-refractivity contribution in [2.45, 2.75) is 5.03 Å². The summed E-state index contributed by atoms with van der Waals surface area (Å²) in [5.41, 5.74) is 0. The lowest BCUT2D eigenvalue weighted by atomic mass is 10.3. The van der Waals surface area contributed by atoms with E-state index in [9.17, 15) is 0 Å². The quantitative estimate of drug-likeness (QED) is 0.735. The zero-order valence-electron chi connectivity index (χ0n) is 8.58. The first-order valence-corrected chi connectivity index (χ1v) is 5.95. The molecule has 1 saturated heterocycles. The van der Waals surface area contributed by atoms with Crippen molar-refractivity contribution in [1.29, 1.82) is 0 Å². The van der Waals surface area contributed by atoms with Crippen molar-refractivity contribution in [2.75, 3.05) is 19.7 Å². The molecule has 1 saturated carbocycles. The molecule has 0 amide bonds. The molecule has 0 spiro atoms. The fourth-order valence-electron chi connectivity index (χ4n) is 2.46. The Morgan fingerprint density at radius 3 is 2.80 bits per heavy atom. The third-order valence-electron chi connectivity index (χ3n) is 3.35. The Morgan fingerprint density at radius 2 is 2.27 bits per heavy atom. The summed E-state index contributed by atoms with van der Waals surface area (Å²) in [6.07, 6.45) is 1.79. The number of aliphatic hydroxyl groups is 1. The largest absolute Gasteiger partial charge is 0.396 e. The van der Waals surface area contributed by atoms with Gasteiger partial charge in [0.25, 0.3) is 0 Å². The molecule has 2 unspecified atom stereocenters. The van der Waals surface area contributed by atoms with Crippen LogP contribution in [0.1, 0.15) is 0 Å². The minimum Gasteiger partial charge on any atom is -0.396 e. The van der Waals surface area contributed by atoms with Crippen molar-refractivity contribution in [3.05, 3.63) is 6.20 Å². The highest BCUT2D eigenvalue weighted by atomic mass is 32.2. The van der Waals surface area contributed by atoms with Crippen LogP contribution in [0.3, 0.4) is 0 Å². The van der Waals surface area contributed by atoms with E-state index in [2.05, 4.69) is 14.5 Å². The van der Waals surface area contributed by atoms with Gasteiger partial charge in [-0.15, -0.1) is 5.10 Å². The van der Waals surface area contributed by atoms with Crippen LogP contribution >= 0.6 is 11.9 Å². The van der Waals surface area contributed by atoms with Crippen molar-refractivity contribution >= 4 is 11.9 Å². The molecule has 1 N–H and O–H groups in total. The van der Waals surface area contributed by atoms with E-state index in [0.29, 0.717) is 12.5 Å². The minimum atomic E-state index is 0.360. The van der Waals surface area contributed by atoms with Crippen LogP contribution < -0.4 is 0 Å². The molecular formula is C9H14N4OS. The Balaban J connectivity index is 1.55. The van der Waals surface area contributed by atoms with Gasteiger partial charge in [-0.2, -0.15) is 9.90 Å². The first kappa shape index (κ1) is 9.62. The van der Waals surface area contributed by atoms with Crippen LogP contribution in [0, 0.1) is 17.8 Å². The second-order valence-corrected chi connectivity index (χ2v) is 5.40. The van der Waals surface area contributed by atoms with Crippen LogP contribution in [0.25, 0.3) is 0 Å². The van der Waals surface area contributed by atoms with E-state index in [1.807, 2.05) is 7.05 Å². The molecular weight excluding hydrogens is 212 g/mol. The first-order valence-electron chi connectivity index (χ1n) is 5.18. The van der Waals surface area contributed by atoms with Crippen LogP contribution in [-0.4, -0.2) is 44.1 Å². The maximum Gasteiger partial charge on any atom is 0.153 e.